The molecule has 1 nitrogen and oxygen atoms in total. The second-order valence-electron chi connectivity index (χ2n) is 3.50. The molecule has 0 radical (unpaired) electrons. The third kappa shape index (κ3) is 2.55. The van der Waals surface area contributed by atoms with Crippen molar-refractivity contribution in [2.75, 3.05) is 6.54 Å². The number of hydrogen-bond donors (Lipinski definition) is 0. The van der Waals surface area contributed by atoms with Gasteiger partial charge in [0.25, 0.3) is 0 Å². The fourth-order valence-electron chi connectivity index (χ4n) is 1.58. The Hall–Kier alpha value is 0.140. The molecule has 1 aliphatic rings. The van der Waals surface area contributed by atoms with Gasteiger partial charge < -0.3 is 0 Å². The molecule has 0 N–H and O–H groups in total. The first-order chi connectivity index (χ1) is 6.29. The van der Waals surface area contributed by atoms with E-state index in [2.05, 4.69) is 39.9 Å². The van der Waals surface area contributed by atoms with Crippen molar-refractivity contribution >= 4 is 27.3 Å². The van der Waals surface area contributed by atoms with Crippen molar-refractivity contribution in [1.29, 1.82) is 0 Å². The largest absolute Gasteiger partial charge is 0.296 e. The smallest absolute Gasteiger partial charge is 0.0701 e. The third-order valence-electron chi connectivity index (χ3n) is 2.46. The molecule has 0 aromatic carbocycles. The average molecular weight is 260 g/mol. The minimum Gasteiger partial charge on any atom is -0.296 e. The topological polar surface area (TPSA) is 3.24 Å². The highest BCUT2D eigenvalue weighted by atomic mass is 79.9. The highest BCUT2D eigenvalue weighted by Gasteiger charge is 2.27. The van der Waals surface area contributed by atoms with Crippen molar-refractivity contribution in [2.45, 2.75) is 32.4 Å². The summed E-state index contributed by atoms with van der Waals surface area (Å²) < 4.78 is 1.24. The fourth-order valence-corrected chi connectivity index (χ4v) is 3.08. The number of halogens is 1. The molecule has 0 amide bonds. The van der Waals surface area contributed by atoms with Gasteiger partial charge in [-0.05, 0) is 47.4 Å². The fraction of sp³-hybridized carbons (Fsp3) is 0.600. The van der Waals surface area contributed by atoms with Crippen LogP contribution >= 0.6 is 27.3 Å². The van der Waals surface area contributed by atoms with Gasteiger partial charge in [-0.3, -0.25) is 4.90 Å². The van der Waals surface area contributed by atoms with Gasteiger partial charge >= 0.3 is 0 Å². The summed E-state index contributed by atoms with van der Waals surface area (Å²) >= 11 is 5.35. The molecule has 0 aliphatic heterocycles. The molecule has 72 valence electrons. The van der Waals surface area contributed by atoms with Gasteiger partial charge in [0.15, 0.2) is 0 Å². The Morgan fingerprint density at radius 1 is 1.54 bits per heavy atom. The molecule has 13 heavy (non-hydrogen) atoms. The number of hydrogen-bond acceptors (Lipinski definition) is 2. The molecule has 0 bridgehead atoms. The zero-order valence-electron chi connectivity index (χ0n) is 7.79. The van der Waals surface area contributed by atoms with Gasteiger partial charge in [0.1, 0.15) is 0 Å². The summed E-state index contributed by atoms with van der Waals surface area (Å²) in [6.45, 7) is 4.57. The standard InChI is InChI=1S/C10H14BrNS/c1-2-12(8-3-4-8)7-9-5-6-10(11)13-9/h5-6,8H,2-4,7H2,1H3. The van der Waals surface area contributed by atoms with Crippen LogP contribution in [0.5, 0.6) is 0 Å². The molecule has 1 fully saturated rings. The summed E-state index contributed by atoms with van der Waals surface area (Å²) in [5.74, 6) is 0. The van der Waals surface area contributed by atoms with E-state index >= 15 is 0 Å². The highest BCUT2D eigenvalue weighted by Crippen LogP contribution is 2.30. The SMILES string of the molecule is CCN(Cc1ccc(Br)s1)C1CC1. The van der Waals surface area contributed by atoms with Crippen LogP contribution in [0.4, 0.5) is 0 Å². The lowest BCUT2D eigenvalue weighted by Gasteiger charge is -2.18. The van der Waals surface area contributed by atoms with Gasteiger partial charge in [0.2, 0.25) is 0 Å². The molecule has 1 aromatic rings. The summed E-state index contributed by atoms with van der Waals surface area (Å²) in [6.07, 6.45) is 2.81. The van der Waals surface area contributed by atoms with E-state index in [1.165, 1.54) is 28.0 Å². The highest BCUT2D eigenvalue weighted by molar-refractivity contribution is 9.11. The Bertz CT molecular complexity index is 280. The monoisotopic (exact) mass is 259 g/mol. The summed E-state index contributed by atoms with van der Waals surface area (Å²) in [5.41, 5.74) is 0. The summed E-state index contributed by atoms with van der Waals surface area (Å²) in [5, 5.41) is 0. The molecule has 2 rings (SSSR count). The minimum atomic E-state index is 0.880. The van der Waals surface area contributed by atoms with Crippen molar-refractivity contribution in [3.8, 4) is 0 Å². The molecular weight excluding hydrogens is 246 g/mol. The Morgan fingerprint density at radius 3 is 2.77 bits per heavy atom. The van der Waals surface area contributed by atoms with Crippen LogP contribution in [0.2, 0.25) is 0 Å². The predicted octanol–water partition coefficient (Wildman–Crippen LogP) is 3.49. The lowest BCUT2D eigenvalue weighted by Crippen LogP contribution is -2.24. The second-order valence-corrected chi connectivity index (χ2v) is 6.05. The Morgan fingerprint density at radius 2 is 2.31 bits per heavy atom. The van der Waals surface area contributed by atoms with E-state index < -0.39 is 0 Å². The summed E-state index contributed by atoms with van der Waals surface area (Å²) in [4.78, 5) is 4.04. The van der Waals surface area contributed by atoms with Crippen LogP contribution in [0.25, 0.3) is 0 Å². The van der Waals surface area contributed by atoms with E-state index in [1.807, 2.05) is 11.3 Å². The van der Waals surface area contributed by atoms with Crippen molar-refractivity contribution in [3.05, 3.63) is 20.8 Å². The number of nitrogens with zero attached hydrogens (tertiary/aromatic N) is 1. The first kappa shape index (κ1) is 9.69. The molecular formula is C10H14BrNS. The zero-order chi connectivity index (χ0) is 9.26. The van der Waals surface area contributed by atoms with E-state index in [0.717, 1.165) is 12.6 Å². The van der Waals surface area contributed by atoms with Gasteiger partial charge in [-0.1, -0.05) is 6.92 Å². The van der Waals surface area contributed by atoms with Crippen molar-refractivity contribution in [1.82, 2.24) is 4.90 Å². The first-order valence-corrected chi connectivity index (χ1v) is 6.39. The third-order valence-corrected chi connectivity index (χ3v) is 4.07. The molecule has 1 saturated carbocycles. The molecule has 1 aromatic heterocycles. The number of thiophene rings is 1. The van der Waals surface area contributed by atoms with E-state index in [1.54, 1.807) is 0 Å². The quantitative estimate of drug-likeness (QED) is 0.801. The van der Waals surface area contributed by atoms with Crippen LogP contribution in [-0.4, -0.2) is 17.5 Å². The zero-order valence-corrected chi connectivity index (χ0v) is 10.2. The summed E-state index contributed by atoms with van der Waals surface area (Å²) in [6, 6.07) is 5.24. The molecule has 1 aliphatic carbocycles. The molecule has 1 heterocycles. The number of rotatable bonds is 4. The Kier molecular flexibility index (Phi) is 3.06. The maximum atomic E-state index is 3.50. The van der Waals surface area contributed by atoms with E-state index in [4.69, 9.17) is 0 Å². The molecule has 0 unspecified atom stereocenters. The molecule has 0 spiro atoms. The average Bonchev–Trinajstić information content (AvgIpc) is 2.87. The van der Waals surface area contributed by atoms with Gasteiger partial charge in [-0.25, -0.2) is 0 Å². The van der Waals surface area contributed by atoms with Crippen molar-refractivity contribution in [2.24, 2.45) is 0 Å². The van der Waals surface area contributed by atoms with E-state index in [-0.39, 0.29) is 0 Å². The Balaban J connectivity index is 1.95. The van der Waals surface area contributed by atoms with Crippen LogP contribution < -0.4 is 0 Å². The predicted molar refractivity (Wildman–Crippen MR) is 61.1 cm³/mol. The van der Waals surface area contributed by atoms with Crippen LogP contribution in [0.1, 0.15) is 24.6 Å². The van der Waals surface area contributed by atoms with Crippen LogP contribution in [0.3, 0.4) is 0 Å². The maximum Gasteiger partial charge on any atom is 0.0701 e. The van der Waals surface area contributed by atoms with E-state index in [9.17, 15) is 0 Å². The lowest BCUT2D eigenvalue weighted by atomic mass is 10.4. The lowest BCUT2D eigenvalue weighted by molar-refractivity contribution is 0.272. The van der Waals surface area contributed by atoms with Gasteiger partial charge in [-0.15, -0.1) is 11.3 Å². The van der Waals surface area contributed by atoms with E-state index in [0.29, 0.717) is 0 Å². The van der Waals surface area contributed by atoms with Crippen LogP contribution in [0.15, 0.2) is 15.9 Å². The van der Waals surface area contributed by atoms with Crippen molar-refractivity contribution in [3.63, 3.8) is 0 Å². The van der Waals surface area contributed by atoms with Gasteiger partial charge in [0.05, 0.1) is 3.79 Å². The van der Waals surface area contributed by atoms with Gasteiger partial charge in [0, 0.05) is 17.5 Å². The second kappa shape index (κ2) is 4.11. The first-order valence-electron chi connectivity index (χ1n) is 4.78. The normalized spacial score (nSPS) is 16.8. The maximum absolute atomic E-state index is 3.50. The van der Waals surface area contributed by atoms with Crippen molar-refractivity contribution < 1.29 is 0 Å². The van der Waals surface area contributed by atoms with Gasteiger partial charge in [-0.2, -0.15) is 0 Å². The summed E-state index contributed by atoms with van der Waals surface area (Å²) in [7, 11) is 0. The molecule has 0 atom stereocenters. The molecule has 0 saturated heterocycles. The van der Waals surface area contributed by atoms with Crippen LogP contribution in [-0.2, 0) is 6.54 Å². The molecule has 3 heteroatoms. The minimum absolute atomic E-state index is 0.880. The Labute approximate surface area is 91.9 Å². The van der Waals surface area contributed by atoms with Crippen LogP contribution in [0, 0.1) is 0 Å².